The molecular formula is C17H19N3O2. The average molecular weight is 297 g/mol. The van der Waals surface area contributed by atoms with E-state index in [0.717, 1.165) is 22.8 Å². The number of anilines is 1. The molecule has 5 nitrogen and oxygen atoms in total. The maximum absolute atomic E-state index is 11.6. The van der Waals surface area contributed by atoms with Crippen molar-refractivity contribution in [3.05, 3.63) is 48.5 Å². The van der Waals surface area contributed by atoms with Crippen LogP contribution >= 0.6 is 0 Å². The van der Waals surface area contributed by atoms with Crippen molar-refractivity contribution in [2.45, 2.75) is 13.8 Å². The summed E-state index contributed by atoms with van der Waals surface area (Å²) in [5.41, 5.74) is 2.22. The monoisotopic (exact) mass is 297 g/mol. The Bertz CT molecular complexity index is 647. The Kier molecular flexibility index (Phi) is 5.25. The number of nitrogens with one attached hydrogen (secondary N) is 1. The third-order valence-electron chi connectivity index (χ3n) is 3.01. The van der Waals surface area contributed by atoms with E-state index in [-0.39, 0.29) is 11.8 Å². The van der Waals surface area contributed by atoms with E-state index in [4.69, 9.17) is 4.74 Å². The number of carbonyl (C=O) groups is 1. The zero-order chi connectivity index (χ0) is 15.9. The summed E-state index contributed by atoms with van der Waals surface area (Å²) in [7, 11) is 1.62. The van der Waals surface area contributed by atoms with E-state index in [1.807, 2.05) is 62.4 Å². The van der Waals surface area contributed by atoms with Crippen molar-refractivity contribution in [3.63, 3.8) is 0 Å². The fourth-order valence-electron chi connectivity index (χ4n) is 1.66. The molecule has 0 bridgehead atoms. The highest BCUT2D eigenvalue weighted by Gasteiger charge is 2.06. The van der Waals surface area contributed by atoms with Crippen LogP contribution < -0.4 is 10.1 Å². The first-order valence-corrected chi connectivity index (χ1v) is 7.05. The Morgan fingerprint density at radius 3 is 1.91 bits per heavy atom. The van der Waals surface area contributed by atoms with E-state index in [1.54, 1.807) is 7.11 Å². The van der Waals surface area contributed by atoms with Crippen molar-refractivity contribution in [3.8, 4) is 5.75 Å². The third-order valence-corrected chi connectivity index (χ3v) is 3.01. The molecule has 22 heavy (non-hydrogen) atoms. The summed E-state index contributed by atoms with van der Waals surface area (Å²) in [5.74, 6) is 0.728. The van der Waals surface area contributed by atoms with E-state index in [2.05, 4.69) is 15.5 Å². The number of hydrogen-bond donors (Lipinski definition) is 1. The van der Waals surface area contributed by atoms with Gasteiger partial charge in [0.15, 0.2) is 0 Å². The van der Waals surface area contributed by atoms with Crippen molar-refractivity contribution in [1.29, 1.82) is 0 Å². The molecule has 2 aromatic carbocycles. The Morgan fingerprint density at radius 1 is 0.955 bits per heavy atom. The number of rotatable bonds is 5. The number of benzene rings is 2. The average Bonchev–Trinajstić information content (AvgIpc) is 2.54. The number of methoxy groups -OCH3 is 1. The molecule has 0 aliphatic rings. The molecule has 114 valence electrons. The van der Waals surface area contributed by atoms with Gasteiger partial charge in [-0.1, -0.05) is 13.8 Å². The SMILES string of the molecule is COc1ccc(N=Nc2ccc(NC(=O)C(C)C)cc2)cc1. The Hall–Kier alpha value is -2.69. The maximum atomic E-state index is 11.6. The van der Waals surface area contributed by atoms with E-state index >= 15 is 0 Å². The standard InChI is InChI=1S/C17H19N3O2/c1-12(2)17(21)18-13-4-6-14(7-5-13)19-20-15-8-10-16(22-3)11-9-15/h4-12H,1-3H3,(H,18,21). The van der Waals surface area contributed by atoms with Gasteiger partial charge in [-0.05, 0) is 48.5 Å². The summed E-state index contributed by atoms with van der Waals surface area (Å²) < 4.78 is 5.09. The quantitative estimate of drug-likeness (QED) is 0.813. The zero-order valence-electron chi connectivity index (χ0n) is 12.9. The van der Waals surface area contributed by atoms with Gasteiger partial charge in [0, 0.05) is 11.6 Å². The van der Waals surface area contributed by atoms with Gasteiger partial charge in [-0.15, -0.1) is 0 Å². The highest BCUT2D eigenvalue weighted by Crippen LogP contribution is 2.22. The minimum atomic E-state index is -0.0468. The maximum Gasteiger partial charge on any atom is 0.226 e. The Morgan fingerprint density at radius 2 is 1.45 bits per heavy atom. The summed E-state index contributed by atoms with van der Waals surface area (Å²) in [6.07, 6.45) is 0. The molecule has 0 aliphatic carbocycles. The van der Waals surface area contributed by atoms with E-state index in [9.17, 15) is 4.79 Å². The lowest BCUT2D eigenvalue weighted by molar-refractivity contribution is -0.118. The van der Waals surface area contributed by atoms with Crippen LogP contribution in [0, 0.1) is 5.92 Å². The van der Waals surface area contributed by atoms with Gasteiger partial charge in [0.2, 0.25) is 5.91 Å². The minimum Gasteiger partial charge on any atom is -0.497 e. The molecule has 2 rings (SSSR count). The molecular weight excluding hydrogens is 278 g/mol. The predicted molar refractivity (Wildman–Crippen MR) is 87.1 cm³/mol. The summed E-state index contributed by atoms with van der Waals surface area (Å²) in [4.78, 5) is 11.6. The molecule has 0 heterocycles. The molecule has 0 unspecified atom stereocenters. The molecule has 0 aliphatic heterocycles. The minimum absolute atomic E-state index is 0.00684. The van der Waals surface area contributed by atoms with E-state index in [1.165, 1.54) is 0 Å². The van der Waals surface area contributed by atoms with Gasteiger partial charge >= 0.3 is 0 Å². The van der Waals surface area contributed by atoms with Crippen LogP contribution in [-0.4, -0.2) is 13.0 Å². The molecule has 1 N–H and O–H groups in total. The lowest BCUT2D eigenvalue weighted by Crippen LogP contribution is -2.17. The zero-order valence-corrected chi connectivity index (χ0v) is 12.9. The molecule has 1 amide bonds. The van der Waals surface area contributed by atoms with Crippen molar-refractivity contribution in [1.82, 2.24) is 0 Å². The summed E-state index contributed by atoms with van der Waals surface area (Å²) in [5, 5.41) is 11.1. The number of amides is 1. The van der Waals surface area contributed by atoms with Crippen LogP contribution in [0.1, 0.15) is 13.8 Å². The number of ether oxygens (including phenoxy) is 1. The summed E-state index contributed by atoms with van der Waals surface area (Å²) >= 11 is 0. The first kappa shape index (κ1) is 15.7. The highest BCUT2D eigenvalue weighted by atomic mass is 16.5. The fraction of sp³-hybridized carbons (Fsp3) is 0.235. The van der Waals surface area contributed by atoms with Crippen molar-refractivity contribution < 1.29 is 9.53 Å². The topological polar surface area (TPSA) is 63.1 Å². The number of azo groups is 1. The first-order valence-electron chi connectivity index (χ1n) is 7.05. The van der Waals surface area contributed by atoms with Gasteiger partial charge in [0.1, 0.15) is 5.75 Å². The summed E-state index contributed by atoms with van der Waals surface area (Å²) in [6.45, 7) is 3.71. The van der Waals surface area contributed by atoms with Crippen LogP contribution in [-0.2, 0) is 4.79 Å². The van der Waals surface area contributed by atoms with Gasteiger partial charge in [-0.3, -0.25) is 4.79 Å². The smallest absolute Gasteiger partial charge is 0.226 e. The lowest BCUT2D eigenvalue weighted by Gasteiger charge is -2.07. The van der Waals surface area contributed by atoms with Crippen LogP contribution in [0.2, 0.25) is 0 Å². The largest absolute Gasteiger partial charge is 0.497 e. The molecule has 0 saturated heterocycles. The second kappa shape index (κ2) is 7.36. The lowest BCUT2D eigenvalue weighted by atomic mass is 10.2. The van der Waals surface area contributed by atoms with Crippen LogP contribution in [0.5, 0.6) is 5.75 Å². The molecule has 0 atom stereocenters. The first-order chi connectivity index (χ1) is 10.6. The van der Waals surface area contributed by atoms with Gasteiger partial charge in [0.05, 0.1) is 18.5 Å². The van der Waals surface area contributed by atoms with Gasteiger partial charge in [0.25, 0.3) is 0 Å². The van der Waals surface area contributed by atoms with Crippen LogP contribution in [0.3, 0.4) is 0 Å². The number of nitrogens with zero attached hydrogens (tertiary/aromatic N) is 2. The van der Waals surface area contributed by atoms with Crippen LogP contribution in [0.4, 0.5) is 17.1 Å². The predicted octanol–water partition coefficient (Wildman–Crippen LogP) is 4.71. The Balaban J connectivity index is 2.00. The second-order valence-corrected chi connectivity index (χ2v) is 5.09. The Labute approximate surface area is 130 Å². The highest BCUT2D eigenvalue weighted by molar-refractivity contribution is 5.92. The van der Waals surface area contributed by atoms with E-state index < -0.39 is 0 Å². The van der Waals surface area contributed by atoms with Crippen LogP contribution in [0.15, 0.2) is 58.8 Å². The molecule has 2 aromatic rings. The van der Waals surface area contributed by atoms with Crippen molar-refractivity contribution in [2.75, 3.05) is 12.4 Å². The summed E-state index contributed by atoms with van der Waals surface area (Å²) in [6, 6.07) is 14.6. The number of hydrogen-bond acceptors (Lipinski definition) is 4. The molecule has 0 radical (unpaired) electrons. The molecule has 0 saturated carbocycles. The van der Waals surface area contributed by atoms with Crippen molar-refractivity contribution >= 4 is 23.0 Å². The van der Waals surface area contributed by atoms with Gasteiger partial charge < -0.3 is 10.1 Å². The fourth-order valence-corrected chi connectivity index (χ4v) is 1.66. The molecule has 0 spiro atoms. The van der Waals surface area contributed by atoms with Crippen molar-refractivity contribution in [2.24, 2.45) is 16.1 Å². The molecule has 0 aromatic heterocycles. The van der Waals surface area contributed by atoms with Gasteiger partial charge in [-0.25, -0.2) is 0 Å². The third kappa shape index (κ3) is 4.41. The van der Waals surface area contributed by atoms with Crippen LogP contribution in [0.25, 0.3) is 0 Å². The molecule has 0 fully saturated rings. The second-order valence-electron chi connectivity index (χ2n) is 5.09. The molecule has 5 heteroatoms. The van der Waals surface area contributed by atoms with Gasteiger partial charge in [-0.2, -0.15) is 10.2 Å². The number of carbonyl (C=O) groups excluding carboxylic acids is 1. The van der Waals surface area contributed by atoms with E-state index in [0.29, 0.717) is 0 Å². The normalized spacial score (nSPS) is 10.9.